The molecule has 0 aliphatic rings. The van der Waals surface area contributed by atoms with Gasteiger partial charge in [0.2, 0.25) is 5.91 Å². The van der Waals surface area contributed by atoms with Gasteiger partial charge in [-0.15, -0.1) is 0 Å². The van der Waals surface area contributed by atoms with E-state index < -0.39 is 0 Å². The third kappa shape index (κ3) is 4.05. The SMILES string of the molecule is COc1cccc2sc(NC(=O)CSC(=S)N(C)C)nc12. The number of methoxy groups -OCH3 is 1. The van der Waals surface area contributed by atoms with Crippen molar-refractivity contribution in [1.29, 1.82) is 0 Å². The van der Waals surface area contributed by atoms with E-state index in [0.29, 0.717) is 15.2 Å². The van der Waals surface area contributed by atoms with Crippen LogP contribution >= 0.6 is 35.3 Å². The summed E-state index contributed by atoms with van der Waals surface area (Å²) in [5, 5.41) is 3.36. The molecule has 1 aromatic heterocycles. The Bertz CT molecular complexity index is 670. The summed E-state index contributed by atoms with van der Waals surface area (Å²) in [4.78, 5) is 18.1. The molecular weight excluding hydrogens is 326 g/mol. The third-order valence-electron chi connectivity index (χ3n) is 2.54. The number of ether oxygens (including phenoxy) is 1. The molecule has 2 rings (SSSR count). The molecule has 2 aromatic rings. The van der Waals surface area contributed by atoms with E-state index in [4.69, 9.17) is 17.0 Å². The number of thiocarbonyl (C=S) groups is 1. The van der Waals surface area contributed by atoms with Crippen LogP contribution in [0.1, 0.15) is 0 Å². The lowest BCUT2D eigenvalue weighted by atomic mass is 10.3. The van der Waals surface area contributed by atoms with Gasteiger partial charge < -0.3 is 15.0 Å². The summed E-state index contributed by atoms with van der Waals surface area (Å²) in [6.07, 6.45) is 0. The number of carbonyl (C=O) groups excluding carboxylic acids is 1. The number of benzene rings is 1. The second kappa shape index (κ2) is 7.06. The van der Waals surface area contributed by atoms with Crippen LogP contribution in [0.4, 0.5) is 5.13 Å². The van der Waals surface area contributed by atoms with Gasteiger partial charge in [0, 0.05) is 14.1 Å². The molecule has 0 radical (unpaired) electrons. The molecule has 0 aliphatic heterocycles. The zero-order valence-corrected chi connectivity index (χ0v) is 14.3. The van der Waals surface area contributed by atoms with E-state index in [9.17, 15) is 4.79 Å². The van der Waals surface area contributed by atoms with E-state index in [1.54, 1.807) is 12.0 Å². The van der Waals surface area contributed by atoms with Crippen LogP contribution in [-0.2, 0) is 4.79 Å². The first-order valence-electron chi connectivity index (χ1n) is 6.08. The maximum absolute atomic E-state index is 11.9. The molecule has 1 heterocycles. The normalized spacial score (nSPS) is 10.4. The van der Waals surface area contributed by atoms with Crippen LogP contribution < -0.4 is 10.1 Å². The van der Waals surface area contributed by atoms with Gasteiger partial charge in [-0.05, 0) is 12.1 Å². The van der Waals surface area contributed by atoms with E-state index in [2.05, 4.69) is 10.3 Å². The molecule has 8 heteroatoms. The minimum atomic E-state index is -0.123. The van der Waals surface area contributed by atoms with E-state index in [-0.39, 0.29) is 11.7 Å². The lowest BCUT2D eigenvalue weighted by molar-refractivity contribution is -0.113. The molecule has 0 saturated heterocycles. The van der Waals surface area contributed by atoms with Crippen LogP contribution in [0.15, 0.2) is 18.2 Å². The molecule has 0 bridgehead atoms. The predicted molar refractivity (Wildman–Crippen MR) is 93.5 cm³/mol. The molecule has 0 fully saturated rings. The fourth-order valence-corrected chi connectivity index (χ4v) is 3.21. The van der Waals surface area contributed by atoms with Crippen molar-refractivity contribution in [3.05, 3.63) is 18.2 Å². The highest BCUT2D eigenvalue weighted by molar-refractivity contribution is 8.23. The number of thiazole rings is 1. The van der Waals surface area contributed by atoms with Gasteiger partial charge in [0.05, 0.1) is 17.6 Å². The Morgan fingerprint density at radius 2 is 2.29 bits per heavy atom. The number of fused-ring (bicyclic) bond motifs is 1. The van der Waals surface area contributed by atoms with Gasteiger partial charge in [-0.1, -0.05) is 41.4 Å². The van der Waals surface area contributed by atoms with Crippen molar-refractivity contribution in [1.82, 2.24) is 9.88 Å². The minimum Gasteiger partial charge on any atom is -0.494 e. The van der Waals surface area contributed by atoms with Crippen LogP contribution in [-0.4, -0.2) is 47.1 Å². The fraction of sp³-hybridized carbons (Fsp3) is 0.308. The van der Waals surface area contributed by atoms with E-state index in [0.717, 1.165) is 10.2 Å². The number of thioether (sulfide) groups is 1. The summed E-state index contributed by atoms with van der Waals surface area (Å²) in [5.41, 5.74) is 0.761. The lowest BCUT2D eigenvalue weighted by Crippen LogP contribution is -2.20. The average molecular weight is 341 g/mol. The first-order chi connectivity index (χ1) is 10.0. The zero-order chi connectivity index (χ0) is 15.4. The van der Waals surface area contributed by atoms with Crippen molar-refractivity contribution in [2.45, 2.75) is 0 Å². The Kier molecular flexibility index (Phi) is 5.38. The summed E-state index contributed by atoms with van der Waals surface area (Å²) in [5.74, 6) is 0.846. The molecule has 0 saturated carbocycles. The van der Waals surface area contributed by atoms with Crippen LogP contribution in [0.5, 0.6) is 5.75 Å². The monoisotopic (exact) mass is 341 g/mol. The van der Waals surface area contributed by atoms with Gasteiger partial charge in [-0.3, -0.25) is 4.79 Å². The van der Waals surface area contributed by atoms with E-state index >= 15 is 0 Å². The number of amides is 1. The van der Waals surface area contributed by atoms with Crippen molar-refractivity contribution in [3.63, 3.8) is 0 Å². The number of hydrogen-bond acceptors (Lipinski definition) is 6. The number of aromatic nitrogens is 1. The number of nitrogens with one attached hydrogen (secondary N) is 1. The molecular formula is C13H15N3O2S3. The molecule has 5 nitrogen and oxygen atoms in total. The van der Waals surface area contributed by atoms with Crippen LogP contribution in [0.2, 0.25) is 0 Å². The highest BCUT2D eigenvalue weighted by Gasteiger charge is 2.12. The lowest BCUT2D eigenvalue weighted by Gasteiger charge is -2.11. The topological polar surface area (TPSA) is 54.5 Å². The molecule has 112 valence electrons. The second-order valence-corrected chi connectivity index (χ2v) is 6.96. The number of carbonyl (C=O) groups is 1. The summed E-state index contributed by atoms with van der Waals surface area (Å²) in [6.45, 7) is 0. The van der Waals surface area contributed by atoms with Crippen molar-refractivity contribution in [3.8, 4) is 5.75 Å². The first kappa shape index (κ1) is 16.0. The third-order valence-corrected chi connectivity index (χ3v) is 5.21. The number of nitrogens with zero attached hydrogens (tertiary/aromatic N) is 2. The quantitative estimate of drug-likeness (QED) is 0.863. The molecule has 1 amide bonds. The first-order valence-corrected chi connectivity index (χ1v) is 8.29. The van der Waals surface area contributed by atoms with Crippen molar-refractivity contribution >= 4 is 60.9 Å². The summed E-state index contributed by atoms with van der Waals surface area (Å²) in [6, 6.07) is 5.69. The van der Waals surface area contributed by atoms with Gasteiger partial charge in [-0.2, -0.15) is 0 Å². The second-order valence-electron chi connectivity index (χ2n) is 4.32. The largest absolute Gasteiger partial charge is 0.494 e. The molecule has 0 atom stereocenters. The van der Waals surface area contributed by atoms with Crippen molar-refractivity contribution in [2.75, 3.05) is 32.3 Å². The molecule has 1 N–H and O–H groups in total. The smallest absolute Gasteiger partial charge is 0.236 e. The Morgan fingerprint density at radius 1 is 1.52 bits per heavy atom. The highest BCUT2D eigenvalue weighted by Crippen LogP contribution is 2.32. The molecule has 1 aromatic carbocycles. The maximum atomic E-state index is 11.9. The number of rotatable bonds is 4. The predicted octanol–water partition coefficient (Wildman–Crippen LogP) is 2.82. The average Bonchev–Trinajstić information content (AvgIpc) is 2.86. The van der Waals surface area contributed by atoms with Gasteiger partial charge in [-0.25, -0.2) is 4.98 Å². The van der Waals surface area contributed by atoms with Gasteiger partial charge in [0.15, 0.2) is 5.13 Å². The molecule has 0 spiro atoms. The molecule has 0 unspecified atom stereocenters. The summed E-state index contributed by atoms with van der Waals surface area (Å²) in [7, 11) is 5.31. The number of hydrogen-bond donors (Lipinski definition) is 1. The molecule has 21 heavy (non-hydrogen) atoms. The Balaban J connectivity index is 2.03. The highest BCUT2D eigenvalue weighted by atomic mass is 32.2. The zero-order valence-electron chi connectivity index (χ0n) is 11.9. The van der Waals surface area contributed by atoms with E-state index in [1.165, 1.54) is 23.1 Å². The Morgan fingerprint density at radius 3 is 2.95 bits per heavy atom. The maximum Gasteiger partial charge on any atom is 0.236 e. The van der Waals surface area contributed by atoms with Crippen molar-refractivity contribution < 1.29 is 9.53 Å². The van der Waals surface area contributed by atoms with Gasteiger partial charge >= 0.3 is 0 Å². The van der Waals surface area contributed by atoms with Crippen LogP contribution in [0, 0.1) is 0 Å². The number of para-hydroxylation sites is 1. The summed E-state index contributed by atoms with van der Waals surface area (Å²) >= 11 is 7.87. The Labute approximate surface area is 136 Å². The fourth-order valence-electron chi connectivity index (χ4n) is 1.55. The van der Waals surface area contributed by atoms with Crippen molar-refractivity contribution in [2.24, 2.45) is 0 Å². The standard InChI is InChI=1S/C13H15N3O2S3/c1-16(2)13(19)20-7-10(17)14-12-15-11-8(18-3)5-4-6-9(11)21-12/h4-6H,7H2,1-3H3,(H,14,15,17). The van der Waals surface area contributed by atoms with Gasteiger partial charge in [0.1, 0.15) is 15.6 Å². The summed E-state index contributed by atoms with van der Waals surface area (Å²) < 4.78 is 6.91. The Hall–Kier alpha value is -1.38. The van der Waals surface area contributed by atoms with Crippen LogP contribution in [0.25, 0.3) is 10.2 Å². The molecule has 0 aliphatic carbocycles. The van der Waals surface area contributed by atoms with E-state index in [1.807, 2.05) is 32.3 Å². The van der Waals surface area contributed by atoms with Gasteiger partial charge in [0.25, 0.3) is 0 Å². The van der Waals surface area contributed by atoms with Crippen LogP contribution in [0.3, 0.4) is 0 Å². The number of anilines is 1. The minimum absolute atomic E-state index is 0.123.